The van der Waals surface area contributed by atoms with E-state index in [2.05, 4.69) is 21.2 Å². The van der Waals surface area contributed by atoms with Crippen LogP contribution in [0.1, 0.15) is 28.8 Å². The number of nitrogens with one attached hydrogen (secondary N) is 1. The Balaban J connectivity index is 1.47. The van der Waals surface area contributed by atoms with E-state index in [-0.39, 0.29) is 17.9 Å². The number of nitrogens with zero attached hydrogens (tertiary/aromatic N) is 1. The number of carbonyl (C=O) groups excluding carboxylic acids is 2. The minimum Gasteiger partial charge on any atom is -0.497 e. The fourth-order valence-electron chi connectivity index (χ4n) is 3.20. The van der Waals surface area contributed by atoms with Crippen LogP contribution < -0.4 is 10.1 Å². The summed E-state index contributed by atoms with van der Waals surface area (Å²) in [5.74, 6) is 0.837. The van der Waals surface area contributed by atoms with Crippen LogP contribution in [0.3, 0.4) is 0 Å². The first-order chi connectivity index (χ1) is 13.0. The Morgan fingerprint density at radius 3 is 2.48 bits per heavy atom. The van der Waals surface area contributed by atoms with Gasteiger partial charge in [0.05, 0.1) is 13.5 Å². The number of carbonyl (C=O) groups is 2. The van der Waals surface area contributed by atoms with Gasteiger partial charge < -0.3 is 15.0 Å². The molecule has 1 aliphatic rings. The van der Waals surface area contributed by atoms with Gasteiger partial charge in [0.1, 0.15) is 5.75 Å². The van der Waals surface area contributed by atoms with Gasteiger partial charge in [-0.2, -0.15) is 0 Å². The van der Waals surface area contributed by atoms with E-state index in [0.29, 0.717) is 25.1 Å². The van der Waals surface area contributed by atoms with Crippen molar-refractivity contribution in [2.75, 3.05) is 20.2 Å². The van der Waals surface area contributed by atoms with Crippen LogP contribution in [-0.4, -0.2) is 43.0 Å². The summed E-state index contributed by atoms with van der Waals surface area (Å²) in [6.45, 7) is 1.33. The van der Waals surface area contributed by atoms with Crippen molar-refractivity contribution in [3.05, 3.63) is 64.1 Å². The lowest BCUT2D eigenvalue weighted by atomic mass is 10.0. The van der Waals surface area contributed by atoms with Crippen LogP contribution in [0.15, 0.2) is 53.0 Å². The molecule has 142 valence electrons. The highest BCUT2D eigenvalue weighted by Gasteiger charge is 2.24. The zero-order valence-corrected chi connectivity index (χ0v) is 16.9. The third-order valence-corrected chi connectivity index (χ3v) is 5.28. The van der Waals surface area contributed by atoms with E-state index in [9.17, 15) is 9.59 Å². The van der Waals surface area contributed by atoms with E-state index >= 15 is 0 Å². The maximum atomic E-state index is 12.5. The van der Waals surface area contributed by atoms with Gasteiger partial charge in [-0.3, -0.25) is 9.59 Å². The Morgan fingerprint density at radius 2 is 1.85 bits per heavy atom. The lowest BCUT2D eigenvalue weighted by Gasteiger charge is -2.32. The summed E-state index contributed by atoms with van der Waals surface area (Å²) in [7, 11) is 1.62. The quantitative estimate of drug-likeness (QED) is 0.790. The number of halogens is 1. The Morgan fingerprint density at radius 1 is 1.15 bits per heavy atom. The minimum atomic E-state index is -0.0701. The van der Waals surface area contributed by atoms with E-state index < -0.39 is 0 Å². The average Bonchev–Trinajstić information content (AvgIpc) is 2.69. The highest BCUT2D eigenvalue weighted by Crippen LogP contribution is 2.16. The molecule has 0 radical (unpaired) electrons. The number of hydrogen-bond acceptors (Lipinski definition) is 3. The first-order valence-corrected chi connectivity index (χ1v) is 9.81. The highest BCUT2D eigenvalue weighted by atomic mass is 79.9. The van der Waals surface area contributed by atoms with Gasteiger partial charge in [0.25, 0.3) is 5.91 Å². The molecule has 0 spiro atoms. The summed E-state index contributed by atoms with van der Waals surface area (Å²) in [6.07, 6.45) is 1.93. The third-order valence-electron chi connectivity index (χ3n) is 4.78. The molecule has 1 aliphatic heterocycles. The number of benzene rings is 2. The monoisotopic (exact) mass is 430 g/mol. The molecular formula is C21H23BrN2O3. The van der Waals surface area contributed by atoms with Gasteiger partial charge in [-0.1, -0.05) is 34.1 Å². The molecule has 1 fully saturated rings. The number of hydrogen-bond donors (Lipinski definition) is 1. The predicted octanol–water partition coefficient (Wildman–Crippen LogP) is 3.42. The van der Waals surface area contributed by atoms with Gasteiger partial charge in [0.2, 0.25) is 5.91 Å². The predicted molar refractivity (Wildman–Crippen MR) is 108 cm³/mol. The molecule has 0 bridgehead atoms. The Kier molecular flexibility index (Phi) is 6.50. The SMILES string of the molecule is COc1ccc(CC(=O)N2CCC(NC(=O)c3cccc(Br)c3)CC2)cc1. The van der Waals surface area contributed by atoms with Crippen LogP contribution in [0, 0.1) is 0 Å². The van der Waals surface area contributed by atoms with Crippen LogP contribution in [0.25, 0.3) is 0 Å². The van der Waals surface area contributed by atoms with Gasteiger partial charge in [-0.25, -0.2) is 0 Å². The summed E-state index contributed by atoms with van der Waals surface area (Å²) >= 11 is 3.38. The van der Waals surface area contributed by atoms with Crippen molar-refractivity contribution in [2.45, 2.75) is 25.3 Å². The van der Waals surface area contributed by atoms with Crippen molar-refractivity contribution in [1.82, 2.24) is 10.2 Å². The van der Waals surface area contributed by atoms with Crippen LogP contribution in [0.5, 0.6) is 5.75 Å². The van der Waals surface area contributed by atoms with E-state index in [1.165, 1.54) is 0 Å². The Labute approximate surface area is 167 Å². The molecule has 1 heterocycles. The third kappa shape index (κ3) is 5.32. The molecule has 0 atom stereocenters. The van der Waals surface area contributed by atoms with Gasteiger partial charge in [-0.15, -0.1) is 0 Å². The first kappa shape index (κ1) is 19.4. The number of amides is 2. The average molecular weight is 431 g/mol. The standard InChI is InChI=1S/C21H23BrN2O3/c1-27-19-7-5-15(6-8-19)13-20(25)24-11-9-18(10-12-24)23-21(26)16-3-2-4-17(22)14-16/h2-8,14,18H,9-13H2,1H3,(H,23,26). The molecule has 0 saturated carbocycles. The summed E-state index contributed by atoms with van der Waals surface area (Å²) in [5.41, 5.74) is 1.62. The molecule has 0 unspecified atom stereocenters. The van der Waals surface area contributed by atoms with Gasteiger partial charge in [-0.05, 0) is 48.7 Å². The molecule has 0 aliphatic carbocycles. The lowest BCUT2D eigenvalue weighted by Crippen LogP contribution is -2.47. The highest BCUT2D eigenvalue weighted by molar-refractivity contribution is 9.10. The van der Waals surface area contributed by atoms with Gasteiger partial charge in [0, 0.05) is 29.2 Å². The first-order valence-electron chi connectivity index (χ1n) is 9.02. The second kappa shape index (κ2) is 9.04. The molecule has 3 rings (SSSR count). The molecular weight excluding hydrogens is 408 g/mol. The van der Waals surface area contributed by atoms with Crippen LogP contribution >= 0.6 is 15.9 Å². The van der Waals surface area contributed by atoms with Crippen molar-refractivity contribution in [2.24, 2.45) is 0 Å². The molecule has 0 aromatic heterocycles. The van der Waals surface area contributed by atoms with Crippen LogP contribution in [-0.2, 0) is 11.2 Å². The van der Waals surface area contributed by atoms with Crippen molar-refractivity contribution in [3.8, 4) is 5.75 Å². The van der Waals surface area contributed by atoms with Gasteiger partial charge >= 0.3 is 0 Å². The number of likely N-dealkylation sites (tertiary alicyclic amines) is 1. The maximum Gasteiger partial charge on any atom is 0.251 e. The van der Waals surface area contributed by atoms with Gasteiger partial charge in [0.15, 0.2) is 0 Å². The lowest BCUT2D eigenvalue weighted by molar-refractivity contribution is -0.131. The zero-order chi connectivity index (χ0) is 19.2. The largest absolute Gasteiger partial charge is 0.497 e. The summed E-state index contributed by atoms with van der Waals surface area (Å²) in [5, 5.41) is 3.07. The van der Waals surface area contributed by atoms with Crippen molar-refractivity contribution in [1.29, 1.82) is 0 Å². The van der Waals surface area contributed by atoms with E-state index in [0.717, 1.165) is 28.6 Å². The summed E-state index contributed by atoms with van der Waals surface area (Å²) in [4.78, 5) is 26.7. The summed E-state index contributed by atoms with van der Waals surface area (Å²) in [6, 6.07) is 15.0. The number of piperidine rings is 1. The topological polar surface area (TPSA) is 58.6 Å². The maximum absolute atomic E-state index is 12.5. The molecule has 2 amide bonds. The van der Waals surface area contributed by atoms with E-state index in [4.69, 9.17) is 4.74 Å². The Hall–Kier alpha value is -2.34. The van der Waals surface area contributed by atoms with Crippen LogP contribution in [0.4, 0.5) is 0 Å². The van der Waals surface area contributed by atoms with Crippen molar-refractivity contribution < 1.29 is 14.3 Å². The summed E-state index contributed by atoms with van der Waals surface area (Å²) < 4.78 is 6.02. The molecule has 1 N–H and O–H groups in total. The Bertz CT molecular complexity index is 799. The number of ether oxygens (including phenoxy) is 1. The smallest absolute Gasteiger partial charge is 0.251 e. The molecule has 2 aromatic rings. The normalized spacial score (nSPS) is 14.7. The molecule has 6 heteroatoms. The van der Waals surface area contributed by atoms with Crippen molar-refractivity contribution >= 4 is 27.7 Å². The molecule has 27 heavy (non-hydrogen) atoms. The molecule has 5 nitrogen and oxygen atoms in total. The number of methoxy groups -OCH3 is 1. The fraction of sp³-hybridized carbons (Fsp3) is 0.333. The zero-order valence-electron chi connectivity index (χ0n) is 15.3. The second-order valence-corrected chi connectivity index (χ2v) is 7.58. The molecule has 1 saturated heterocycles. The van der Waals surface area contributed by atoms with E-state index in [1.807, 2.05) is 47.4 Å². The van der Waals surface area contributed by atoms with Crippen molar-refractivity contribution in [3.63, 3.8) is 0 Å². The second-order valence-electron chi connectivity index (χ2n) is 6.66. The van der Waals surface area contributed by atoms with Crippen LogP contribution in [0.2, 0.25) is 0 Å². The van der Waals surface area contributed by atoms with E-state index in [1.54, 1.807) is 13.2 Å². The minimum absolute atomic E-state index is 0.0701. The fourth-order valence-corrected chi connectivity index (χ4v) is 3.60. The number of rotatable bonds is 5. The molecule has 2 aromatic carbocycles.